The molecule has 0 bridgehead atoms. The molecule has 0 heterocycles. The zero-order valence-electron chi connectivity index (χ0n) is 9.24. The lowest BCUT2D eigenvalue weighted by atomic mass is 9.65. The standard InChI is InChI=1S/C12H21NO2/c13-8-12(7-11(14)15)5-4-9-2-1-3-10(9)6-12/h9-10H,1-8,13H2,(H,14,15)/t9-,10+,12-/m0/s1. The Morgan fingerprint density at radius 3 is 2.73 bits per heavy atom. The molecule has 2 aliphatic rings. The number of hydrogen-bond donors (Lipinski definition) is 2. The average molecular weight is 211 g/mol. The Hall–Kier alpha value is -0.570. The van der Waals surface area contributed by atoms with Crippen molar-refractivity contribution >= 4 is 5.97 Å². The second-order valence-corrected chi connectivity index (χ2v) is 5.47. The van der Waals surface area contributed by atoms with Crippen LogP contribution in [0.1, 0.15) is 44.9 Å². The molecule has 0 aromatic heterocycles. The summed E-state index contributed by atoms with van der Waals surface area (Å²) in [7, 11) is 0. The van der Waals surface area contributed by atoms with Crippen molar-refractivity contribution in [1.29, 1.82) is 0 Å². The SMILES string of the molecule is NC[C@@]1(CC(=O)O)CC[C@@H]2CCC[C@@H]2C1. The first-order chi connectivity index (χ1) is 7.15. The molecule has 3 atom stereocenters. The van der Waals surface area contributed by atoms with Crippen molar-refractivity contribution in [2.75, 3.05) is 6.54 Å². The van der Waals surface area contributed by atoms with Crippen LogP contribution < -0.4 is 5.73 Å². The van der Waals surface area contributed by atoms with E-state index in [9.17, 15) is 4.79 Å². The van der Waals surface area contributed by atoms with Crippen LogP contribution in [0.2, 0.25) is 0 Å². The summed E-state index contributed by atoms with van der Waals surface area (Å²) in [5.74, 6) is 0.956. The van der Waals surface area contributed by atoms with E-state index in [1.54, 1.807) is 0 Å². The van der Waals surface area contributed by atoms with Crippen molar-refractivity contribution in [3.05, 3.63) is 0 Å². The molecule has 0 aromatic carbocycles. The molecule has 3 N–H and O–H groups in total. The second-order valence-electron chi connectivity index (χ2n) is 5.47. The van der Waals surface area contributed by atoms with Gasteiger partial charge in [0.15, 0.2) is 0 Å². The first-order valence-electron chi connectivity index (χ1n) is 6.07. The first-order valence-corrected chi connectivity index (χ1v) is 6.07. The Bertz CT molecular complexity index is 254. The van der Waals surface area contributed by atoms with Gasteiger partial charge < -0.3 is 10.8 Å². The molecule has 0 spiro atoms. The monoisotopic (exact) mass is 211 g/mol. The highest BCUT2D eigenvalue weighted by Gasteiger charge is 2.42. The second kappa shape index (κ2) is 4.12. The Morgan fingerprint density at radius 2 is 2.07 bits per heavy atom. The highest BCUT2D eigenvalue weighted by molar-refractivity contribution is 5.67. The third-order valence-electron chi connectivity index (χ3n) is 4.52. The molecule has 0 amide bonds. The van der Waals surface area contributed by atoms with Gasteiger partial charge in [0.05, 0.1) is 6.42 Å². The maximum atomic E-state index is 10.9. The topological polar surface area (TPSA) is 63.3 Å². The Morgan fingerprint density at radius 1 is 1.33 bits per heavy atom. The van der Waals surface area contributed by atoms with E-state index in [1.807, 2.05) is 0 Å². The number of hydrogen-bond acceptors (Lipinski definition) is 2. The molecule has 15 heavy (non-hydrogen) atoms. The summed E-state index contributed by atoms with van der Waals surface area (Å²) in [6.07, 6.45) is 7.55. The third-order valence-corrected chi connectivity index (χ3v) is 4.52. The zero-order valence-corrected chi connectivity index (χ0v) is 9.24. The van der Waals surface area contributed by atoms with E-state index < -0.39 is 5.97 Å². The minimum absolute atomic E-state index is 0.0860. The Labute approximate surface area is 91.0 Å². The van der Waals surface area contributed by atoms with Crippen molar-refractivity contribution in [3.63, 3.8) is 0 Å². The fraction of sp³-hybridized carbons (Fsp3) is 0.917. The highest BCUT2D eigenvalue weighted by atomic mass is 16.4. The molecule has 2 aliphatic carbocycles. The van der Waals surface area contributed by atoms with Crippen molar-refractivity contribution in [2.45, 2.75) is 44.9 Å². The number of rotatable bonds is 3. The highest BCUT2D eigenvalue weighted by Crippen LogP contribution is 2.50. The van der Waals surface area contributed by atoms with Crippen LogP contribution in [0.4, 0.5) is 0 Å². The largest absolute Gasteiger partial charge is 0.481 e. The fourth-order valence-corrected chi connectivity index (χ4v) is 3.65. The number of aliphatic carboxylic acids is 1. The quantitative estimate of drug-likeness (QED) is 0.750. The van der Waals surface area contributed by atoms with Crippen LogP contribution in [0.5, 0.6) is 0 Å². The van der Waals surface area contributed by atoms with Crippen LogP contribution >= 0.6 is 0 Å². The molecule has 0 aromatic rings. The molecule has 0 aliphatic heterocycles. The summed E-state index contributed by atoms with van der Waals surface area (Å²) >= 11 is 0. The lowest BCUT2D eigenvalue weighted by molar-refractivity contribution is -0.140. The van der Waals surface area contributed by atoms with Crippen molar-refractivity contribution in [1.82, 2.24) is 0 Å². The lowest BCUT2D eigenvalue weighted by Crippen LogP contribution is -2.39. The minimum atomic E-state index is -0.683. The third kappa shape index (κ3) is 2.17. The van der Waals surface area contributed by atoms with Crippen LogP contribution in [0.25, 0.3) is 0 Å². The molecular formula is C12H21NO2. The summed E-state index contributed by atoms with van der Waals surface area (Å²) in [6.45, 7) is 0.544. The molecule has 0 radical (unpaired) electrons. The van der Waals surface area contributed by atoms with E-state index >= 15 is 0 Å². The van der Waals surface area contributed by atoms with E-state index in [0.29, 0.717) is 6.54 Å². The van der Waals surface area contributed by atoms with Crippen molar-refractivity contribution in [2.24, 2.45) is 23.0 Å². The smallest absolute Gasteiger partial charge is 0.303 e. The Kier molecular flexibility index (Phi) is 3.01. The van der Waals surface area contributed by atoms with Crippen LogP contribution in [0, 0.1) is 17.3 Å². The van der Waals surface area contributed by atoms with Gasteiger partial charge in [-0.05, 0) is 43.1 Å². The van der Waals surface area contributed by atoms with Crippen LogP contribution in [-0.4, -0.2) is 17.6 Å². The van der Waals surface area contributed by atoms with E-state index in [0.717, 1.165) is 24.7 Å². The van der Waals surface area contributed by atoms with E-state index in [1.165, 1.54) is 25.7 Å². The van der Waals surface area contributed by atoms with Gasteiger partial charge in [-0.1, -0.05) is 19.3 Å². The van der Waals surface area contributed by atoms with Gasteiger partial charge in [0.1, 0.15) is 0 Å². The van der Waals surface area contributed by atoms with E-state index in [2.05, 4.69) is 0 Å². The molecule has 86 valence electrons. The van der Waals surface area contributed by atoms with Crippen molar-refractivity contribution in [3.8, 4) is 0 Å². The number of carboxylic acid groups (broad SMARTS) is 1. The summed E-state index contributed by atoms with van der Waals surface area (Å²) in [5.41, 5.74) is 5.72. The molecule has 2 rings (SSSR count). The fourth-order valence-electron chi connectivity index (χ4n) is 3.65. The van der Waals surface area contributed by atoms with Crippen LogP contribution in [0.15, 0.2) is 0 Å². The minimum Gasteiger partial charge on any atom is -0.481 e. The van der Waals surface area contributed by atoms with Gasteiger partial charge in [0.2, 0.25) is 0 Å². The molecule has 2 fully saturated rings. The number of carboxylic acids is 1. The van der Waals surface area contributed by atoms with E-state index in [4.69, 9.17) is 10.8 Å². The van der Waals surface area contributed by atoms with Crippen LogP contribution in [-0.2, 0) is 4.79 Å². The average Bonchev–Trinajstić information content (AvgIpc) is 2.63. The van der Waals surface area contributed by atoms with Gasteiger partial charge >= 0.3 is 5.97 Å². The normalized spacial score (nSPS) is 40.1. The van der Waals surface area contributed by atoms with Gasteiger partial charge in [-0.2, -0.15) is 0 Å². The number of nitrogens with two attached hydrogens (primary N) is 1. The molecular weight excluding hydrogens is 190 g/mol. The maximum Gasteiger partial charge on any atom is 0.303 e. The van der Waals surface area contributed by atoms with Gasteiger partial charge in [0.25, 0.3) is 0 Å². The first kappa shape index (κ1) is 10.9. The van der Waals surface area contributed by atoms with E-state index in [-0.39, 0.29) is 11.8 Å². The number of fused-ring (bicyclic) bond motifs is 1. The molecule has 3 nitrogen and oxygen atoms in total. The summed E-state index contributed by atoms with van der Waals surface area (Å²) < 4.78 is 0. The summed E-state index contributed by atoms with van der Waals surface area (Å²) in [4.78, 5) is 10.9. The predicted molar refractivity (Wildman–Crippen MR) is 58.4 cm³/mol. The van der Waals surface area contributed by atoms with Crippen LogP contribution in [0.3, 0.4) is 0 Å². The van der Waals surface area contributed by atoms with Gasteiger partial charge in [-0.15, -0.1) is 0 Å². The maximum absolute atomic E-state index is 10.9. The molecule has 3 heteroatoms. The predicted octanol–water partition coefficient (Wildman–Crippen LogP) is 2.01. The lowest BCUT2D eigenvalue weighted by Gasteiger charge is -2.41. The van der Waals surface area contributed by atoms with Gasteiger partial charge in [-0.3, -0.25) is 4.79 Å². The summed E-state index contributed by atoms with van der Waals surface area (Å²) in [6, 6.07) is 0. The van der Waals surface area contributed by atoms with Crippen molar-refractivity contribution < 1.29 is 9.90 Å². The number of carbonyl (C=O) groups is 1. The zero-order chi connectivity index (χ0) is 10.9. The van der Waals surface area contributed by atoms with Gasteiger partial charge in [-0.25, -0.2) is 0 Å². The molecule has 0 unspecified atom stereocenters. The summed E-state index contributed by atoms with van der Waals surface area (Å²) in [5, 5.41) is 8.95. The van der Waals surface area contributed by atoms with Gasteiger partial charge in [0, 0.05) is 0 Å². The molecule has 0 saturated heterocycles. The molecule has 2 saturated carbocycles. The Balaban J connectivity index is 2.04.